The smallest absolute Gasteiger partial charge is 0.0542 e. The summed E-state index contributed by atoms with van der Waals surface area (Å²) in [4.78, 5) is 0. The van der Waals surface area contributed by atoms with E-state index in [1.54, 1.807) is 0 Å². The van der Waals surface area contributed by atoms with Gasteiger partial charge in [0.1, 0.15) is 0 Å². The molecule has 0 spiro atoms. The van der Waals surface area contributed by atoms with Gasteiger partial charge in [0.2, 0.25) is 0 Å². The summed E-state index contributed by atoms with van der Waals surface area (Å²) in [5.74, 6) is 0.747. The summed E-state index contributed by atoms with van der Waals surface area (Å²) in [7, 11) is 0. The Balaban J connectivity index is 1.86. The van der Waals surface area contributed by atoms with Crippen LogP contribution >= 0.6 is 11.6 Å². The van der Waals surface area contributed by atoms with Gasteiger partial charge in [-0.05, 0) is 73.6 Å². The van der Waals surface area contributed by atoms with Gasteiger partial charge in [-0.25, -0.2) is 0 Å². The topological polar surface area (TPSA) is 12.0 Å². The van der Waals surface area contributed by atoms with Gasteiger partial charge in [-0.1, -0.05) is 29.8 Å². The van der Waals surface area contributed by atoms with Gasteiger partial charge in [0.25, 0.3) is 0 Å². The normalized spacial score (nSPS) is 15.9. The first kappa shape index (κ1) is 13.5. The van der Waals surface area contributed by atoms with Crippen LogP contribution in [0.15, 0.2) is 42.5 Å². The molecule has 1 aliphatic rings. The second-order valence-corrected chi connectivity index (χ2v) is 6.32. The molecule has 1 unspecified atom stereocenters. The van der Waals surface area contributed by atoms with Crippen LogP contribution in [0.5, 0.6) is 0 Å². The van der Waals surface area contributed by atoms with Crippen molar-refractivity contribution in [3.8, 4) is 0 Å². The van der Waals surface area contributed by atoms with Gasteiger partial charge in [0, 0.05) is 10.7 Å². The third-order valence-electron chi connectivity index (χ3n) is 3.87. The zero-order chi connectivity index (χ0) is 14.1. The average molecular weight is 286 g/mol. The quantitative estimate of drug-likeness (QED) is 0.780. The highest BCUT2D eigenvalue weighted by Crippen LogP contribution is 2.43. The van der Waals surface area contributed by atoms with Gasteiger partial charge < -0.3 is 5.32 Å². The fourth-order valence-electron chi connectivity index (χ4n) is 2.81. The van der Waals surface area contributed by atoms with Crippen molar-refractivity contribution in [2.45, 2.75) is 32.7 Å². The van der Waals surface area contributed by atoms with E-state index in [4.69, 9.17) is 11.6 Å². The second-order valence-electron chi connectivity index (χ2n) is 5.89. The Bertz CT molecular complexity index is 579. The molecule has 0 aliphatic heterocycles. The largest absolute Gasteiger partial charge is 0.378 e. The minimum absolute atomic E-state index is 0.397. The Hall–Kier alpha value is -1.47. The summed E-state index contributed by atoms with van der Waals surface area (Å²) in [6.07, 6.45) is 2.62. The maximum atomic E-state index is 5.99. The minimum Gasteiger partial charge on any atom is -0.378 e. The molecule has 0 radical (unpaired) electrons. The van der Waals surface area contributed by atoms with Gasteiger partial charge in [-0.15, -0.1) is 0 Å². The van der Waals surface area contributed by atoms with Crippen molar-refractivity contribution in [2.24, 2.45) is 5.92 Å². The summed E-state index contributed by atoms with van der Waals surface area (Å²) in [6, 6.07) is 15.3. The molecule has 104 valence electrons. The minimum atomic E-state index is 0.397. The van der Waals surface area contributed by atoms with Crippen molar-refractivity contribution in [3.05, 3.63) is 64.2 Å². The number of anilines is 1. The molecule has 0 heterocycles. The predicted molar refractivity (Wildman–Crippen MR) is 86.5 cm³/mol. The maximum Gasteiger partial charge on any atom is 0.0542 e. The van der Waals surface area contributed by atoms with E-state index in [-0.39, 0.29) is 0 Å². The highest BCUT2D eigenvalue weighted by Gasteiger charge is 2.32. The SMILES string of the molecule is Cc1cc(C)cc(NC(c2ccc(Cl)cc2)C2CC2)c1. The van der Waals surface area contributed by atoms with Crippen LogP contribution < -0.4 is 5.32 Å². The highest BCUT2D eigenvalue weighted by molar-refractivity contribution is 6.30. The average Bonchev–Trinajstić information content (AvgIpc) is 3.20. The van der Waals surface area contributed by atoms with Crippen molar-refractivity contribution in [1.29, 1.82) is 0 Å². The lowest BCUT2D eigenvalue weighted by molar-refractivity contribution is 0.679. The summed E-state index contributed by atoms with van der Waals surface area (Å²) in [5.41, 5.74) is 5.15. The molecule has 2 heteroatoms. The summed E-state index contributed by atoms with van der Waals surface area (Å²) in [5, 5.41) is 4.52. The number of hydrogen-bond acceptors (Lipinski definition) is 1. The van der Waals surface area contributed by atoms with Gasteiger partial charge in [0.15, 0.2) is 0 Å². The Morgan fingerprint density at radius 3 is 2.15 bits per heavy atom. The molecule has 1 aliphatic carbocycles. The first-order valence-corrected chi connectivity index (χ1v) is 7.60. The molecule has 1 atom stereocenters. The second kappa shape index (κ2) is 5.49. The molecule has 2 aromatic carbocycles. The molecule has 1 fully saturated rings. The van der Waals surface area contributed by atoms with Crippen LogP contribution in [0.1, 0.15) is 35.6 Å². The van der Waals surface area contributed by atoms with E-state index in [9.17, 15) is 0 Å². The predicted octanol–water partition coefficient (Wildman–Crippen LogP) is 5.52. The van der Waals surface area contributed by atoms with E-state index in [0.717, 1.165) is 10.9 Å². The van der Waals surface area contributed by atoms with Crippen LogP contribution in [0.4, 0.5) is 5.69 Å². The Morgan fingerprint density at radius 1 is 1.00 bits per heavy atom. The van der Waals surface area contributed by atoms with Crippen molar-refractivity contribution < 1.29 is 0 Å². The molecule has 0 bridgehead atoms. The fraction of sp³-hybridized carbons (Fsp3) is 0.333. The van der Waals surface area contributed by atoms with E-state index in [1.165, 1.54) is 35.2 Å². The van der Waals surface area contributed by atoms with Gasteiger partial charge in [-0.3, -0.25) is 0 Å². The Labute approximate surface area is 126 Å². The van der Waals surface area contributed by atoms with Crippen LogP contribution in [-0.2, 0) is 0 Å². The molecule has 1 nitrogen and oxygen atoms in total. The van der Waals surface area contributed by atoms with Crippen molar-refractivity contribution in [2.75, 3.05) is 5.32 Å². The number of hydrogen-bond donors (Lipinski definition) is 1. The van der Waals surface area contributed by atoms with Crippen LogP contribution in [0.2, 0.25) is 5.02 Å². The third-order valence-corrected chi connectivity index (χ3v) is 4.12. The van der Waals surface area contributed by atoms with Crippen LogP contribution in [0.25, 0.3) is 0 Å². The molecule has 0 aromatic heterocycles. The van der Waals surface area contributed by atoms with Crippen molar-refractivity contribution >= 4 is 17.3 Å². The lowest BCUT2D eigenvalue weighted by Crippen LogP contribution is -2.13. The summed E-state index contributed by atoms with van der Waals surface area (Å²) < 4.78 is 0. The number of aryl methyl sites for hydroxylation is 2. The lowest BCUT2D eigenvalue weighted by atomic mass is 10.0. The number of nitrogens with one attached hydrogen (secondary N) is 1. The first-order valence-electron chi connectivity index (χ1n) is 7.22. The molecule has 1 N–H and O–H groups in total. The molecule has 0 amide bonds. The zero-order valence-electron chi connectivity index (χ0n) is 12.0. The van der Waals surface area contributed by atoms with E-state index < -0.39 is 0 Å². The lowest BCUT2D eigenvalue weighted by Gasteiger charge is -2.21. The number of benzene rings is 2. The first-order chi connectivity index (χ1) is 9.61. The summed E-state index contributed by atoms with van der Waals surface area (Å²) in [6.45, 7) is 4.29. The fourth-order valence-corrected chi connectivity index (χ4v) is 2.94. The Kier molecular flexibility index (Phi) is 3.71. The number of halogens is 1. The standard InChI is InChI=1S/C18H20ClN/c1-12-9-13(2)11-17(10-12)20-18(14-3-4-14)15-5-7-16(19)8-6-15/h5-11,14,18,20H,3-4H2,1-2H3. The molecule has 20 heavy (non-hydrogen) atoms. The van der Waals surface area contributed by atoms with E-state index >= 15 is 0 Å². The van der Waals surface area contributed by atoms with Gasteiger partial charge >= 0.3 is 0 Å². The van der Waals surface area contributed by atoms with Crippen molar-refractivity contribution in [1.82, 2.24) is 0 Å². The Morgan fingerprint density at radius 2 is 1.60 bits per heavy atom. The van der Waals surface area contributed by atoms with Gasteiger partial charge in [-0.2, -0.15) is 0 Å². The van der Waals surface area contributed by atoms with Crippen LogP contribution in [0.3, 0.4) is 0 Å². The van der Waals surface area contributed by atoms with E-state index in [2.05, 4.69) is 49.5 Å². The molecule has 3 rings (SSSR count). The highest BCUT2D eigenvalue weighted by atomic mass is 35.5. The molecule has 0 saturated heterocycles. The van der Waals surface area contributed by atoms with Crippen LogP contribution in [0, 0.1) is 19.8 Å². The zero-order valence-corrected chi connectivity index (χ0v) is 12.7. The molecular weight excluding hydrogens is 266 g/mol. The molecular formula is C18H20ClN. The van der Waals surface area contributed by atoms with E-state index in [1.807, 2.05) is 12.1 Å². The molecule has 2 aromatic rings. The van der Waals surface area contributed by atoms with Crippen molar-refractivity contribution in [3.63, 3.8) is 0 Å². The summed E-state index contributed by atoms with van der Waals surface area (Å²) >= 11 is 5.99. The third kappa shape index (κ3) is 3.16. The number of rotatable bonds is 4. The monoisotopic (exact) mass is 285 g/mol. The van der Waals surface area contributed by atoms with E-state index in [0.29, 0.717) is 6.04 Å². The van der Waals surface area contributed by atoms with Gasteiger partial charge in [0.05, 0.1) is 6.04 Å². The van der Waals surface area contributed by atoms with Crippen LogP contribution in [-0.4, -0.2) is 0 Å². The maximum absolute atomic E-state index is 5.99. The molecule has 1 saturated carbocycles.